The first-order valence-electron chi connectivity index (χ1n) is 34.2. The van der Waals surface area contributed by atoms with E-state index < -0.39 is 6.36 Å². The molecule has 6 aliphatic heterocycles. The lowest BCUT2D eigenvalue weighted by atomic mass is 9.98. The molecule has 6 atom stereocenters. The minimum atomic E-state index is -4.74. The quantitative estimate of drug-likeness (QED) is 0.0569. The lowest BCUT2D eigenvalue weighted by molar-refractivity contribution is -0.274. The zero-order chi connectivity index (χ0) is 65.7. The van der Waals surface area contributed by atoms with E-state index >= 15 is 0 Å². The van der Waals surface area contributed by atoms with E-state index in [1.807, 2.05) is 48.5 Å². The fourth-order valence-corrected chi connectivity index (χ4v) is 16.8. The number of halogens is 7. The number of hydrogen-bond acceptors (Lipinski definition) is 10. The van der Waals surface area contributed by atoms with Crippen LogP contribution < -0.4 is 20.1 Å². The van der Waals surface area contributed by atoms with Gasteiger partial charge in [-0.25, -0.2) is 0 Å². The predicted octanol–water partition coefficient (Wildman–Crippen LogP) is 16.8. The van der Waals surface area contributed by atoms with E-state index in [4.69, 9.17) is 51.1 Å². The van der Waals surface area contributed by atoms with Gasteiger partial charge in [-0.3, -0.25) is 29.2 Å². The predicted molar refractivity (Wildman–Crippen MR) is 376 cm³/mol. The summed E-state index contributed by atoms with van der Waals surface area (Å²) in [5.41, 5.74) is 11.1. The number of alkyl halides is 3. The first-order valence-corrected chi connectivity index (χ1v) is 35.7. The van der Waals surface area contributed by atoms with Gasteiger partial charge in [-0.1, -0.05) is 108 Å². The maximum absolute atomic E-state index is 12.8. The van der Waals surface area contributed by atoms with Gasteiger partial charge in [0.15, 0.2) is 0 Å². The molecule has 6 aromatic carbocycles. The average Bonchev–Trinajstić information content (AvgIpc) is 1.65. The molecule has 6 aliphatic rings. The number of likely N-dealkylation sites (tertiary alicyclic amines) is 4. The molecule has 6 fully saturated rings. The summed E-state index contributed by atoms with van der Waals surface area (Å²) >= 11 is 25.9. The molecule has 6 saturated heterocycles. The summed E-state index contributed by atoms with van der Waals surface area (Å²) in [6, 6.07) is 41.5. The van der Waals surface area contributed by atoms with Crippen molar-refractivity contribution in [1.29, 1.82) is 0 Å². The van der Waals surface area contributed by atoms with Crippen molar-refractivity contribution >= 4 is 79.8 Å². The molecule has 2 N–H and O–H groups in total. The summed E-state index contributed by atoms with van der Waals surface area (Å²) in [7, 11) is 1.71. The average molecular weight is 1370 g/mol. The van der Waals surface area contributed by atoms with Crippen LogP contribution in [-0.2, 0) is 48.9 Å². The van der Waals surface area contributed by atoms with Crippen LogP contribution >= 0.6 is 46.4 Å². The third kappa shape index (κ3) is 16.1. The molecule has 2 aromatic heterocycles. The van der Waals surface area contributed by atoms with Gasteiger partial charge in [-0.05, 0) is 172 Å². The molecule has 8 aromatic rings. The third-order valence-corrected chi connectivity index (χ3v) is 22.2. The molecule has 6 unspecified atom stereocenters. The molecule has 0 radical (unpaired) electrons. The van der Waals surface area contributed by atoms with Gasteiger partial charge < -0.3 is 29.2 Å². The smallest absolute Gasteiger partial charge is 0.497 e. The van der Waals surface area contributed by atoms with E-state index in [2.05, 4.69) is 105 Å². The largest absolute Gasteiger partial charge is 0.573 e. The molecule has 4 bridgehead atoms. The molecule has 502 valence electrons. The van der Waals surface area contributed by atoms with Crippen LogP contribution in [-0.4, -0.2) is 129 Å². The standard InChI is InChI=1S/C38H41Cl2F3N4O2.C38H44Cl2N4O2/c39-33-6-5-7-34(40)32(33)24-47-22-27-19-28(47)21-46(27)20-25-10-15-36-30(18-25)31(26-11-13-29(14-12-26)49-38(41,42)43)23-45(36)17-4-2-9-37(48)35-8-1-3-16-44-35;1-46-30-14-12-27(13-15-30)32-24-42(18-5-3-10-38(45)36-9-2-4-17-41-36)37-16-11-26(19-31(32)37)21-43-22-29-20-28(43)23-44(29)25-33-34(39)7-6-8-35(33)40/h5-7,10-15,18,23,27-28,35,44H,1-4,8-9,16-17,19-22,24H2;6-8,11-16,19,24,28-29,36,41H,2-5,9-10,17-18,20-23,25H2,1H3. The van der Waals surface area contributed by atoms with Crippen molar-refractivity contribution in [2.24, 2.45) is 0 Å². The normalized spacial score (nSPS) is 21.6. The first-order chi connectivity index (χ1) is 46.1. The molecular formula is C76H85Cl4F3N8O4. The van der Waals surface area contributed by atoms with Crippen LogP contribution in [0.4, 0.5) is 13.2 Å². The van der Waals surface area contributed by atoms with Crippen LogP contribution in [0.2, 0.25) is 20.1 Å². The number of hydrogen-bond donors (Lipinski definition) is 2. The van der Waals surface area contributed by atoms with Gasteiger partial charge in [-0.2, -0.15) is 0 Å². The zero-order valence-electron chi connectivity index (χ0n) is 54.0. The lowest BCUT2D eigenvalue weighted by Gasteiger charge is -2.34. The van der Waals surface area contributed by atoms with Crippen molar-refractivity contribution in [2.75, 3.05) is 46.4 Å². The van der Waals surface area contributed by atoms with E-state index in [0.717, 1.165) is 192 Å². The highest BCUT2D eigenvalue weighted by molar-refractivity contribution is 6.36. The summed E-state index contributed by atoms with van der Waals surface area (Å²) in [6.45, 7) is 10.9. The van der Waals surface area contributed by atoms with Crippen LogP contribution in [0.15, 0.2) is 134 Å². The van der Waals surface area contributed by atoms with Crippen LogP contribution in [0.25, 0.3) is 44.1 Å². The number of nitrogens with one attached hydrogen (secondary N) is 2. The molecular weight excluding hydrogens is 1290 g/mol. The lowest BCUT2D eigenvalue weighted by Crippen LogP contribution is -2.45. The number of ether oxygens (including phenoxy) is 2. The topological polar surface area (TPSA) is 99.5 Å². The molecule has 12 nitrogen and oxygen atoms in total. The van der Waals surface area contributed by atoms with Crippen molar-refractivity contribution in [1.82, 2.24) is 39.4 Å². The van der Waals surface area contributed by atoms with Gasteiger partial charge in [0.1, 0.15) is 23.1 Å². The van der Waals surface area contributed by atoms with Gasteiger partial charge in [0.25, 0.3) is 0 Å². The van der Waals surface area contributed by atoms with Gasteiger partial charge in [0, 0.05) is 179 Å². The Kier molecular flexibility index (Phi) is 21.7. The highest BCUT2D eigenvalue weighted by Crippen LogP contribution is 2.41. The van der Waals surface area contributed by atoms with Gasteiger partial charge in [-0.15, -0.1) is 13.2 Å². The number of nitrogens with zero attached hydrogens (tertiary/aromatic N) is 6. The summed E-state index contributed by atoms with van der Waals surface area (Å²) < 4.78 is 52.7. The van der Waals surface area contributed by atoms with Crippen molar-refractivity contribution in [2.45, 2.75) is 172 Å². The molecule has 0 saturated carbocycles. The number of aryl methyl sites for hydroxylation is 2. The summed E-state index contributed by atoms with van der Waals surface area (Å²) in [5.74, 6) is 1.30. The second-order valence-corrected chi connectivity index (χ2v) is 28.7. The summed E-state index contributed by atoms with van der Waals surface area (Å²) in [4.78, 5) is 35.7. The van der Waals surface area contributed by atoms with Crippen LogP contribution in [0, 0.1) is 0 Å². The van der Waals surface area contributed by atoms with E-state index in [9.17, 15) is 22.8 Å². The Morgan fingerprint density at radius 2 is 0.905 bits per heavy atom. The van der Waals surface area contributed by atoms with E-state index in [-0.39, 0.29) is 17.8 Å². The maximum atomic E-state index is 12.8. The second-order valence-electron chi connectivity index (χ2n) is 27.0. The summed E-state index contributed by atoms with van der Waals surface area (Å²) in [6.07, 6.45) is 13.2. The number of benzene rings is 6. The molecule has 0 amide bonds. The Hall–Kier alpha value is -5.95. The Balaban J connectivity index is 0.000000172. The number of piperazine rings is 2. The second kappa shape index (κ2) is 30.4. The third-order valence-electron chi connectivity index (χ3n) is 20.8. The SMILES string of the molecule is COc1ccc(-c2cn(CCCCC(=O)C3CCCCN3)c3ccc(CN4CC5CC4CN5Cc4c(Cl)cccc4Cl)cc23)cc1.O=C(CCCCn1cc(-c2ccc(OC(F)(F)F)cc2)c2cc(CN3CC4CC3CN4Cc3c(Cl)cccc3Cl)ccc21)C1CCCCN1. The van der Waals surface area contributed by atoms with E-state index in [0.29, 0.717) is 58.6 Å². The monoisotopic (exact) mass is 1370 g/mol. The molecule has 0 spiro atoms. The van der Waals surface area contributed by atoms with Crippen molar-refractivity contribution in [3.63, 3.8) is 0 Å². The number of ketones is 2. The Morgan fingerprint density at radius 1 is 0.505 bits per heavy atom. The molecule has 14 rings (SSSR count). The highest BCUT2D eigenvalue weighted by atomic mass is 35.5. The molecule has 8 heterocycles. The van der Waals surface area contributed by atoms with Crippen LogP contribution in [0.1, 0.15) is 112 Å². The van der Waals surface area contributed by atoms with Gasteiger partial charge >= 0.3 is 6.36 Å². The first kappa shape index (κ1) is 67.6. The number of carbonyl (C=O) groups excluding carboxylic acids is 2. The molecule has 19 heteroatoms. The Morgan fingerprint density at radius 3 is 1.27 bits per heavy atom. The zero-order valence-corrected chi connectivity index (χ0v) is 57.0. The number of aromatic nitrogens is 2. The van der Waals surface area contributed by atoms with Crippen LogP contribution in [0.3, 0.4) is 0 Å². The highest BCUT2D eigenvalue weighted by Gasteiger charge is 2.45. The van der Waals surface area contributed by atoms with E-state index in [1.54, 1.807) is 19.2 Å². The molecule has 95 heavy (non-hydrogen) atoms. The fraction of sp³-hybridized carbons (Fsp3) is 0.447. The van der Waals surface area contributed by atoms with Crippen molar-refractivity contribution in [3.8, 4) is 33.8 Å². The van der Waals surface area contributed by atoms with E-state index in [1.165, 1.54) is 58.1 Å². The number of unbranched alkanes of at least 4 members (excludes halogenated alkanes) is 2. The number of carbonyl (C=O) groups is 2. The van der Waals surface area contributed by atoms with Gasteiger partial charge in [0.2, 0.25) is 0 Å². The number of fused-ring (bicyclic) bond motifs is 6. The van der Waals surface area contributed by atoms with Gasteiger partial charge in [0.05, 0.1) is 19.2 Å². The number of rotatable bonds is 24. The maximum Gasteiger partial charge on any atom is 0.573 e. The summed E-state index contributed by atoms with van der Waals surface area (Å²) in [5, 5.41) is 12.0. The minimum absolute atomic E-state index is 0.00905. The van der Waals surface area contributed by atoms with Crippen molar-refractivity contribution < 1.29 is 32.2 Å². The molecule has 0 aliphatic carbocycles. The number of Topliss-reactive ketones (excluding diaryl/α,β-unsaturated/α-hetero) is 2. The Bertz CT molecular complexity index is 3940. The minimum Gasteiger partial charge on any atom is -0.497 e. The van der Waals surface area contributed by atoms with Crippen LogP contribution in [0.5, 0.6) is 11.5 Å². The Labute approximate surface area is 575 Å². The fourth-order valence-electron chi connectivity index (χ4n) is 15.8. The van der Waals surface area contributed by atoms with Crippen molar-refractivity contribution in [3.05, 3.63) is 176 Å². The number of piperidine rings is 2. The number of methoxy groups -OCH3 is 1.